The molecule has 1 rings (SSSR count). The summed E-state index contributed by atoms with van der Waals surface area (Å²) in [5.74, 6) is -3.82. The first kappa shape index (κ1) is 28.0. The number of hydrogen-bond acceptors (Lipinski definition) is 1. The predicted octanol–water partition coefficient (Wildman–Crippen LogP) is 8.52. The van der Waals surface area contributed by atoms with E-state index in [-0.39, 0.29) is 6.42 Å². The minimum atomic E-state index is -1.13. The van der Waals surface area contributed by atoms with E-state index in [0.29, 0.717) is 18.6 Å². The highest BCUT2D eigenvalue weighted by atomic mass is 19.1. The van der Waals surface area contributed by atoms with Gasteiger partial charge >= 0.3 is 0 Å². The highest BCUT2D eigenvalue weighted by Gasteiger charge is 2.13. The van der Waals surface area contributed by atoms with Gasteiger partial charge in [-0.2, -0.15) is 0 Å². The van der Waals surface area contributed by atoms with Gasteiger partial charge < -0.3 is 5.32 Å². The molecule has 2 nitrogen and oxygen atoms in total. The van der Waals surface area contributed by atoms with Crippen LogP contribution in [0.5, 0.6) is 0 Å². The summed E-state index contributed by atoms with van der Waals surface area (Å²) >= 11 is 0. The third-order valence-corrected chi connectivity index (χ3v) is 4.41. The normalized spacial score (nSPS) is 12.6. The molecule has 5 heteroatoms. The van der Waals surface area contributed by atoms with Crippen LogP contribution >= 0.6 is 0 Å². The largest absolute Gasteiger partial charge is 0.321 e. The summed E-state index contributed by atoms with van der Waals surface area (Å²) in [4.78, 5) is 11.8. The van der Waals surface area contributed by atoms with Gasteiger partial charge in [0.05, 0.1) is 0 Å². The third kappa shape index (κ3) is 14.6. The van der Waals surface area contributed by atoms with Gasteiger partial charge in [-0.05, 0) is 44.9 Å². The van der Waals surface area contributed by atoms with Crippen molar-refractivity contribution in [3.63, 3.8) is 0 Å². The number of rotatable bonds is 15. The summed E-state index contributed by atoms with van der Waals surface area (Å²) in [6.07, 6.45) is 31.3. The van der Waals surface area contributed by atoms with E-state index < -0.39 is 29.0 Å². The van der Waals surface area contributed by atoms with Crippen molar-refractivity contribution in [2.45, 2.75) is 58.3 Å². The number of benzene rings is 1. The van der Waals surface area contributed by atoms with E-state index >= 15 is 0 Å². The molecule has 0 atom stereocenters. The highest BCUT2D eigenvalue weighted by molar-refractivity contribution is 5.91. The van der Waals surface area contributed by atoms with Crippen LogP contribution < -0.4 is 5.32 Å². The van der Waals surface area contributed by atoms with Crippen LogP contribution in [-0.4, -0.2) is 5.91 Å². The van der Waals surface area contributed by atoms with E-state index in [4.69, 9.17) is 0 Å². The second-order valence-electron chi connectivity index (χ2n) is 7.25. The first-order valence-electron chi connectivity index (χ1n) is 11.4. The summed E-state index contributed by atoms with van der Waals surface area (Å²) in [7, 11) is 0. The fourth-order valence-corrected chi connectivity index (χ4v) is 2.72. The lowest BCUT2D eigenvalue weighted by Crippen LogP contribution is -2.13. The van der Waals surface area contributed by atoms with Gasteiger partial charge in [0.15, 0.2) is 11.6 Å². The molecule has 0 radical (unpaired) electrons. The smallest absolute Gasteiger partial charge is 0.224 e. The van der Waals surface area contributed by atoms with Crippen molar-refractivity contribution in [2.75, 3.05) is 5.32 Å². The second-order valence-corrected chi connectivity index (χ2v) is 7.25. The van der Waals surface area contributed by atoms with Crippen LogP contribution in [0.25, 0.3) is 0 Å². The average Bonchev–Trinajstić information content (AvgIpc) is 2.77. The lowest BCUT2D eigenvalue weighted by atomic mass is 10.2. The monoisotopic (exact) mass is 457 g/mol. The zero-order chi connectivity index (χ0) is 24.2. The minimum Gasteiger partial charge on any atom is -0.321 e. The Morgan fingerprint density at radius 1 is 0.697 bits per heavy atom. The maximum Gasteiger partial charge on any atom is 0.224 e. The Kier molecular flexibility index (Phi) is 15.7. The molecule has 0 aliphatic carbocycles. The Hall–Kier alpha value is -3.08. The van der Waals surface area contributed by atoms with Crippen LogP contribution in [0.15, 0.2) is 85.0 Å². The van der Waals surface area contributed by atoms with E-state index in [1.807, 2.05) is 18.2 Å². The summed E-state index contributed by atoms with van der Waals surface area (Å²) < 4.78 is 39.9. The van der Waals surface area contributed by atoms with E-state index in [1.165, 1.54) is 0 Å². The lowest BCUT2D eigenvalue weighted by molar-refractivity contribution is -0.116. The molecule has 0 unspecified atom stereocenters. The van der Waals surface area contributed by atoms with Gasteiger partial charge in [-0.3, -0.25) is 4.79 Å². The van der Waals surface area contributed by atoms with E-state index in [0.717, 1.165) is 38.5 Å². The maximum absolute atomic E-state index is 13.5. The Morgan fingerprint density at radius 2 is 1.09 bits per heavy atom. The van der Waals surface area contributed by atoms with Crippen LogP contribution in [0.4, 0.5) is 18.9 Å². The number of amides is 1. The van der Waals surface area contributed by atoms with Gasteiger partial charge in [-0.25, -0.2) is 13.2 Å². The zero-order valence-corrected chi connectivity index (χ0v) is 19.3. The number of allylic oxidation sites excluding steroid dienone is 12. The summed E-state index contributed by atoms with van der Waals surface area (Å²) in [6.45, 7) is 2.13. The molecule has 178 valence electrons. The Morgan fingerprint density at radius 3 is 1.52 bits per heavy atom. The Balaban J connectivity index is 2.10. The van der Waals surface area contributed by atoms with Crippen LogP contribution in [0.1, 0.15) is 58.3 Å². The van der Waals surface area contributed by atoms with Crippen molar-refractivity contribution in [3.05, 3.63) is 102 Å². The molecule has 1 amide bonds. The van der Waals surface area contributed by atoms with Crippen LogP contribution in [-0.2, 0) is 4.79 Å². The van der Waals surface area contributed by atoms with E-state index in [2.05, 4.69) is 66.9 Å². The van der Waals surface area contributed by atoms with Gasteiger partial charge in [0.1, 0.15) is 11.5 Å². The Bertz CT molecular complexity index is 856. The number of carbonyl (C=O) groups excluding carboxylic acids is 1. The van der Waals surface area contributed by atoms with Crippen molar-refractivity contribution < 1.29 is 18.0 Å². The van der Waals surface area contributed by atoms with Gasteiger partial charge in [0.2, 0.25) is 5.91 Å². The molecule has 1 aromatic rings. The van der Waals surface area contributed by atoms with Gasteiger partial charge in [0, 0.05) is 18.6 Å². The molecule has 0 aromatic heterocycles. The summed E-state index contributed by atoms with van der Waals surface area (Å²) in [6, 6.07) is 1.06. The molecule has 0 heterocycles. The molecular weight excluding hydrogens is 423 g/mol. The molecule has 1 N–H and O–H groups in total. The van der Waals surface area contributed by atoms with Crippen LogP contribution in [0.3, 0.4) is 0 Å². The van der Waals surface area contributed by atoms with Gasteiger partial charge in [-0.1, -0.05) is 79.8 Å². The number of carbonyl (C=O) groups is 1. The maximum atomic E-state index is 13.5. The van der Waals surface area contributed by atoms with Gasteiger partial charge in [0.25, 0.3) is 0 Å². The molecule has 0 saturated heterocycles. The minimum absolute atomic E-state index is 0.0818. The van der Waals surface area contributed by atoms with Gasteiger partial charge in [-0.15, -0.1) is 0 Å². The first-order chi connectivity index (χ1) is 16.0. The second kappa shape index (κ2) is 18.5. The first-order valence-corrected chi connectivity index (χ1v) is 11.4. The molecule has 0 saturated carbocycles. The lowest BCUT2D eigenvalue weighted by Gasteiger charge is -2.07. The number of nitrogens with one attached hydrogen (secondary N) is 1. The summed E-state index contributed by atoms with van der Waals surface area (Å²) in [5.41, 5.74) is -0.621. The molecule has 1 aromatic carbocycles. The van der Waals surface area contributed by atoms with Crippen molar-refractivity contribution in [3.8, 4) is 0 Å². The van der Waals surface area contributed by atoms with Crippen LogP contribution in [0.2, 0.25) is 0 Å². The quantitative estimate of drug-likeness (QED) is 0.263. The average molecular weight is 458 g/mol. The topological polar surface area (TPSA) is 29.1 Å². The molecular formula is C28H34F3NO. The Labute approximate surface area is 196 Å². The zero-order valence-electron chi connectivity index (χ0n) is 19.3. The van der Waals surface area contributed by atoms with Crippen LogP contribution in [0, 0.1) is 17.5 Å². The van der Waals surface area contributed by atoms with Crippen molar-refractivity contribution in [1.82, 2.24) is 0 Å². The fourth-order valence-electron chi connectivity index (χ4n) is 2.72. The van der Waals surface area contributed by atoms with Crippen molar-refractivity contribution in [2.24, 2.45) is 0 Å². The molecule has 0 aliphatic rings. The SMILES string of the molecule is CCC=CCC=CCC=CCC=CCC=CCC=CCCC(=O)Nc1c(F)cc(F)cc1F. The van der Waals surface area contributed by atoms with E-state index in [1.54, 1.807) is 0 Å². The van der Waals surface area contributed by atoms with Crippen molar-refractivity contribution in [1.29, 1.82) is 0 Å². The molecule has 33 heavy (non-hydrogen) atoms. The molecule has 0 fully saturated rings. The van der Waals surface area contributed by atoms with E-state index in [9.17, 15) is 18.0 Å². The summed E-state index contributed by atoms with van der Waals surface area (Å²) in [5, 5.41) is 2.14. The number of anilines is 1. The molecule has 0 bridgehead atoms. The fraction of sp³-hybridized carbons (Fsp3) is 0.321. The van der Waals surface area contributed by atoms with Crippen molar-refractivity contribution >= 4 is 11.6 Å². The third-order valence-electron chi connectivity index (χ3n) is 4.41. The number of hydrogen-bond donors (Lipinski definition) is 1. The molecule has 0 aliphatic heterocycles. The standard InChI is InChI=1S/C28H34F3NO/c1-2-3-4-5-6-7-8-9-10-11-12-13-14-15-16-17-18-19-20-21-27(33)32-28-25(30)22-24(29)23-26(28)31/h3-4,6-7,9-10,12-13,15-16,18-19,22-23H,2,5,8,11,14,17,20-21H2,1H3,(H,32,33). The number of halogens is 3. The highest BCUT2D eigenvalue weighted by Crippen LogP contribution is 2.20. The molecule has 0 spiro atoms. The predicted molar refractivity (Wildman–Crippen MR) is 132 cm³/mol.